The van der Waals surface area contributed by atoms with Gasteiger partial charge in [-0.15, -0.1) is 10.2 Å². The van der Waals surface area contributed by atoms with Crippen molar-refractivity contribution in [2.75, 3.05) is 18.8 Å². The zero-order valence-corrected chi connectivity index (χ0v) is 19.8. The SMILES string of the molecule is Cc1cccc(C)c1-n1c(=O)c2ccccc2n2c(SCC(=O)N3CCCCCC3)nnc12. The molecule has 0 saturated carbocycles. The van der Waals surface area contributed by atoms with E-state index in [1.165, 1.54) is 24.6 Å². The molecule has 2 aromatic carbocycles. The fraction of sp³-hybridized carbons (Fsp3) is 0.360. The predicted molar refractivity (Wildman–Crippen MR) is 131 cm³/mol. The first kappa shape index (κ1) is 21.7. The molecule has 1 aliphatic heterocycles. The van der Waals surface area contributed by atoms with Gasteiger partial charge in [-0.1, -0.05) is 54.9 Å². The van der Waals surface area contributed by atoms with Gasteiger partial charge < -0.3 is 4.90 Å². The number of carbonyl (C=O) groups excluding carboxylic acids is 1. The standard InChI is InChI=1S/C25H27N5O2S/c1-17-10-9-11-18(2)22(17)30-23(32)19-12-5-6-13-20(19)29-24(30)26-27-25(29)33-16-21(31)28-14-7-3-4-8-15-28/h5-6,9-13H,3-4,7-8,14-16H2,1-2H3. The molecule has 5 rings (SSSR count). The number of rotatable bonds is 4. The van der Waals surface area contributed by atoms with Gasteiger partial charge in [-0.3, -0.25) is 14.0 Å². The molecule has 0 radical (unpaired) electrons. The second-order valence-corrected chi connectivity index (χ2v) is 9.54. The lowest BCUT2D eigenvalue weighted by molar-refractivity contribution is -0.128. The third-order valence-corrected chi connectivity index (χ3v) is 7.26. The molecule has 1 aliphatic rings. The van der Waals surface area contributed by atoms with E-state index in [0.29, 0.717) is 22.1 Å². The lowest BCUT2D eigenvalue weighted by Crippen LogP contribution is -2.33. The van der Waals surface area contributed by atoms with Crippen LogP contribution in [0.2, 0.25) is 0 Å². The molecule has 1 fully saturated rings. The van der Waals surface area contributed by atoms with Gasteiger partial charge in [0.25, 0.3) is 5.56 Å². The van der Waals surface area contributed by atoms with Crippen LogP contribution in [0, 0.1) is 13.8 Å². The molecule has 7 nitrogen and oxygen atoms in total. The molecule has 3 heterocycles. The number of hydrogen-bond acceptors (Lipinski definition) is 5. The molecular weight excluding hydrogens is 434 g/mol. The Morgan fingerprint density at radius 1 is 0.939 bits per heavy atom. The molecule has 0 aliphatic carbocycles. The van der Waals surface area contributed by atoms with Crippen LogP contribution in [-0.2, 0) is 4.79 Å². The number of benzene rings is 2. The van der Waals surface area contributed by atoms with Gasteiger partial charge in [0.1, 0.15) is 0 Å². The fourth-order valence-electron chi connectivity index (χ4n) is 4.67. The first-order valence-electron chi connectivity index (χ1n) is 11.4. The molecule has 0 spiro atoms. The maximum Gasteiger partial charge on any atom is 0.267 e. The molecule has 1 amide bonds. The van der Waals surface area contributed by atoms with Crippen molar-refractivity contribution >= 4 is 34.3 Å². The van der Waals surface area contributed by atoms with E-state index in [-0.39, 0.29) is 11.5 Å². The molecule has 0 bridgehead atoms. The summed E-state index contributed by atoms with van der Waals surface area (Å²) in [6.45, 7) is 5.64. The third-order valence-electron chi connectivity index (χ3n) is 6.34. The van der Waals surface area contributed by atoms with Crippen molar-refractivity contribution in [2.24, 2.45) is 0 Å². The Morgan fingerprint density at radius 3 is 2.36 bits per heavy atom. The van der Waals surface area contributed by atoms with Crippen molar-refractivity contribution in [1.29, 1.82) is 0 Å². The lowest BCUT2D eigenvalue weighted by Gasteiger charge is -2.19. The number of nitrogens with zero attached hydrogens (tertiary/aromatic N) is 5. The lowest BCUT2D eigenvalue weighted by atomic mass is 10.1. The third kappa shape index (κ3) is 3.93. The summed E-state index contributed by atoms with van der Waals surface area (Å²) < 4.78 is 3.56. The Kier molecular flexibility index (Phi) is 5.93. The molecule has 4 aromatic rings. The van der Waals surface area contributed by atoms with Gasteiger partial charge in [0.15, 0.2) is 5.16 Å². The Hall–Kier alpha value is -3.13. The summed E-state index contributed by atoms with van der Waals surface area (Å²) in [5, 5.41) is 10.0. The van der Waals surface area contributed by atoms with Crippen LogP contribution >= 0.6 is 11.8 Å². The summed E-state index contributed by atoms with van der Waals surface area (Å²) in [7, 11) is 0. The smallest absolute Gasteiger partial charge is 0.267 e. The summed E-state index contributed by atoms with van der Waals surface area (Å²) in [6.07, 6.45) is 4.51. The summed E-state index contributed by atoms with van der Waals surface area (Å²) >= 11 is 1.38. The maximum absolute atomic E-state index is 13.6. The van der Waals surface area contributed by atoms with Crippen LogP contribution < -0.4 is 5.56 Å². The van der Waals surface area contributed by atoms with Crippen LogP contribution in [0.1, 0.15) is 36.8 Å². The van der Waals surface area contributed by atoms with Crippen LogP contribution in [0.4, 0.5) is 0 Å². The van der Waals surface area contributed by atoms with Gasteiger partial charge in [0.2, 0.25) is 11.7 Å². The van der Waals surface area contributed by atoms with Crippen molar-refractivity contribution < 1.29 is 4.79 Å². The largest absolute Gasteiger partial charge is 0.342 e. The van der Waals surface area contributed by atoms with E-state index >= 15 is 0 Å². The van der Waals surface area contributed by atoms with E-state index in [4.69, 9.17) is 0 Å². The van der Waals surface area contributed by atoms with Crippen LogP contribution in [0.5, 0.6) is 0 Å². The second kappa shape index (κ2) is 9.02. The quantitative estimate of drug-likeness (QED) is 0.427. The number of hydrogen-bond donors (Lipinski definition) is 0. The van der Waals surface area contributed by atoms with E-state index in [0.717, 1.165) is 48.3 Å². The maximum atomic E-state index is 13.6. The summed E-state index contributed by atoms with van der Waals surface area (Å²) in [5.41, 5.74) is 3.42. The van der Waals surface area contributed by atoms with E-state index < -0.39 is 0 Å². The molecule has 33 heavy (non-hydrogen) atoms. The minimum Gasteiger partial charge on any atom is -0.342 e. The van der Waals surface area contributed by atoms with Crippen molar-refractivity contribution in [3.63, 3.8) is 0 Å². The van der Waals surface area contributed by atoms with Crippen LogP contribution in [-0.4, -0.2) is 48.8 Å². The van der Waals surface area contributed by atoms with Crippen molar-refractivity contribution in [1.82, 2.24) is 24.1 Å². The number of aromatic nitrogens is 4. The number of fused-ring (bicyclic) bond motifs is 3. The number of aryl methyl sites for hydroxylation is 2. The zero-order chi connectivity index (χ0) is 22.9. The molecule has 0 unspecified atom stereocenters. The van der Waals surface area contributed by atoms with Crippen molar-refractivity contribution in [2.45, 2.75) is 44.7 Å². The topological polar surface area (TPSA) is 72.5 Å². The number of para-hydroxylation sites is 2. The highest BCUT2D eigenvalue weighted by Crippen LogP contribution is 2.26. The molecular formula is C25H27N5O2S. The number of thioether (sulfide) groups is 1. The van der Waals surface area contributed by atoms with E-state index in [1.54, 1.807) is 4.57 Å². The Balaban J connectivity index is 1.62. The van der Waals surface area contributed by atoms with Gasteiger partial charge in [0, 0.05) is 13.1 Å². The van der Waals surface area contributed by atoms with Gasteiger partial charge in [0.05, 0.1) is 22.3 Å². The first-order valence-corrected chi connectivity index (χ1v) is 12.4. The Labute approximate surface area is 196 Å². The van der Waals surface area contributed by atoms with Crippen LogP contribution in [0.3, 0.4) is 0 Å². The fourth-order valence-corrected chi connectivity index (χ4v) is 5.51. The molecule has 0 atom stereocenters. The number of amides is 1. The zero-order valence-electron chi connectivity index (χ0n) is 19.0. The highest BCUT2D eigenvalue weighted by molar-refractivity contribution is 7.99. The van der Waals surface area contributed by atoms with E-state index in [9.17, 15) is 9.59 Å². The monoisotopic (exact) mass is 461 g/mol. The average Bonchev–Trinajstić information content (AvgIpc) is 3.04. The summed E-state index contributed by atoms with van der Waals surface area (Å²) in [6, 6.07) is 13.5. The second-order valence-electron chi connectivity index (χ2n) is 8.60. The predicted octanol–water partition coefficient (Wildman–Crippen LogP) is 4.14. The van der Waals surface area contributed by atoms with Gasteiger partial charge in [-0.2, -0.15) is 0 Å². The highest BCUT2D eigenvalue weighted by atomic mass is 32.2. The van der Waals surface area contributed by atoms with Crippen molar-refractivity contribution in [3.8, 4) is 5.69 Å². The Bertz CT molecular complexity index is 1380. The highest BCUT2D eigenvalue weighted by Gasteiger charge is 2.21. The normalized spacial score (nSPS) is 14.7. The minimum absolute atomic E-state index is 0.125. The molecule has 1 saturated heterocycles. The van der Waals surface area contributed by atoms with Gasteiger partial charge >= 0.3 is 0 Å². The summed E-state index contributed by atoms with van der Waals surface area (Å²) in [5.74, 6) is 0.893. The van der Waals surface area contributed by atoms with Gasteiger partial charge in [-0.05, 0) is 49.9 Å². The number of likely N-dealkylation sites (tertiary alicyclic amines) is 1. The minimum atomic E-state index is -0.125. The molecule has 8 heteroatoms. The van der Waals surface area contributed by atoms with Crippen LogP contribution in [0.25, 0.3) is 22.4 Å². The first-order chi connectivity index (χ1) is 16.1. The average molecular weight is 462 g/mol. The van der Waals surface area contributed by atoms with Crippen molar-refractivity contribution in [3.05, 3.63) is 63.9 Å². The molecule has 0 N–H and O–H groups in total. The molecule has 170 valence electrons. The van der Waals surface area contributed by atoms with E-state index in [2.05, 4.69) is 10.2 Å². The number of carbonyl (C=O) groups is 1. The van der Waals surface area contributed by atoms with Crippen LogP contribution in [0.15, 0.2) is 52.4 Å². The van der Waals surface area contributed by atoms with E-state index in [1.807, 2.05) is 65.6 Å². The Morgan fingerprint density at radius 2 is 1.64 bits per heavy atom. The molecule has 2 aromatic heterocycles. The summed E-state index contributed by atoms with van der Waals surface area (Å²) in [4.78, 5) is 28.4. The van der Waals surface area contributed by atoms with Gasteiger partial charge in [-0.25, -0.2) is 4.57 Å².